The normalized spacial score (nSPS) is 28.8. The number of anilines is 2. The van der Waals surface area contributed by atoms with Crippen LogP contribution in [0.25, 0.3) is 0 Å². The largest absolute Gasteiger partial charge is 0.416 e. The van der Waals surface area contributed by atoms with Gasteiger partial charge in [0.15, 0.2) is 0 Å². The molecule has 31 heavy (non-hydrogen) atoms. The van der Waals surface area contributed by atoms with Gasteiger partial charge in [-0.05, 0) is 43.5 Å². The van der Waals surface area contributed by atoms with E-state index in [1.54, 1.807) is 24.5 Å². The molecule has 3 fully saturated rings. The van der Waals surface area contributed by atoms with Crippen molar-refractivity contribution in [1.29, 1.82) is 0 Å². The zero-order valence-electron chi connectivity index (χ0n) is 17.0. The number of halogens is 4. The smallest absolute Gasteiger partial charge is 0.370 e. The second-order valence-electron chi connectivity index (χ2n) is 8.69. The SMILES string of the molecule is FC(F)(F)c1ccc(N2CCC3[C@@H](C2)N[C@@H]2CCCC[C@H]2N3c2ncc(Cl)cn2)cc1. The predicted octanol–water partition coefficient (Wildman–Crippen LogP) is 4.52. The lowest BCUT2D eigenvalue weighted by Crippen LogP contribution is -2.72. The molecule has 1 aliphatic carbocycles. The standard InChI is InChI=1S/C22H25ClF3N5/c23-15-11-27-21(28-12-15)31-19-4-2-1-3-17(19)29-18-13-30(10-9-20(18)31)16-7-5-14(6-8-16)22(24,25)26/h5-8,11-12,17-20,29H,1-4,9-10,13H2/t17-,18-,19-,20?/m1/s1. The number of nitrogens with one attached hydrogen (secondary N) is 1. The van der Waals surface area contributed by atoms with Crippen LogP contribution < -0.4 is 15.1 Å². The third-order valence-electron chi connectivity index (χ3n) is 6.85. The number of hydrogen-bond acceptors (Lipinski definition) is 5. The van der Waals surface area contributed by atoms with E-state index in [2.05, 4.69) is 25.1 Å². The maximum absolute atomic E-state index is 12.9. The van der Waals surface area contributed by atoms with Crippen molar-refractivity contribution in [2.75, 3.05) is 22.9 Å². The summed E-state index contributed by atoms with van der Waals surface area (Å²) in [5.41, 5.74) is 0.214. The van der Waals surface area contributed by atoms with E-state index in [0.717, 1.165) is 44.0 Å². The van der Waals surface area contributed by atoms with Crippen LogP contribution in [0.1, 0.15) is 37.7 Å². The third-order valence-corrected chi connectivity index (χ3v) is 7.04. The Hall–Kier alpha value is -2.06. The van der Waals surface area contributed by atoms with E-state index in [9.17, 15) is 13.2 Å². The number of nitrogens with zero attached hydrogens (tertiary/aromatic N) is 4. The number of piperazine rings is 1. The van der Waals surface area contributed by atoms with Gasteiger partial charge >= 0.3 is 6.18 Å². The summed E-state index contributed by atoms with van der Waals surface area (Å²) in [6.07, 6.45) is 4.48. The Morgan fingerprint density at radius 3 is 2.32 bits per heavy atom. The zero-order valence-corrected chi connectivity index (χ0v) is 17.8. The molecule has 3 aliphatic rings. The Balaban J connectivity index is 1.39. The fraction of sp³-hybridized carbons (Fsp3) is 0.545. The van der Waals surface area contributed by atoms with Gasteiger partial charge in [0.1, 0.15) is 0 Å². The number of fused-ring (bicyclic) bond motifs is 2. The van der Waals surface area contributed by atoms with Crippen molar-refractivity contribution in [2.45, 2.75) is 62.4 Å². The van der Waals surface area contributed by atoms with Gasteiger partial charge in [0, 0.05) is 36.9 Å². The predicted molar refractivity (Wildman–Crippen MR) is 115 cm³/mol. The van der Waals surface area contributed by atoms with Crippen molar-refractivity contribution in [3.05, 3.63) is 47.2 Å². The molecule has 166 valence electrons. The Bertz CT molecular complexity index is 905. The maximum atomic E-state index is 12.9. The summed E-state index contributed by atoms with van der Waals surface area (Å²) < 4.78 is 38.8. The first-order valence-corrected chi connectivity index (χ1v) is 11.2. The Labute approximate surface area is 184 Å². The first kappa shape index (κ1) is 20.8. The molecule has 1 saturated carbocycles. The summed E-state index contributed by atoms with van der Waals surface area (Å²) in [6.45, 7) is 1.51. The van der Waals surface area contributed by atoms with E-state index >= 15 is 0 Å². The van der Waals surface area contributed by atoms with E-state index in [1.807, 2.05) is 0 Å². The van der Waals surface area contributed by atoms with E-state index in [4.69, 9.17) is 11.6 Å². The summed E-state index contributed by atoms with van der Waals surface area (Å²) >= 11 is 6.02. The monoisotopic (exact) mass is 451 g/mol. The van der Waals surface area contributed by atoms with Crippen molar-refractivity contribution in [2.24, 2.45) is 0 Å². The average Bonchev–Trinajstić information content (AvgIpc) is 2.77. The third kappa shape index (κ3) is 4.07. The fourth-order valence-electron chi connectivity index (χ4n) is 5.43. The number of benzene rings is 1. The molecule has 5 rings (SSSR count). The molecule has 0 amide bonds. The molecule has 9 heteroatoms. The van der Waals surface area contributed by atoms with Crippen LogP contribution in [0.3, 0.4) is 0 Å². The molecule has 0 spiro atoms. The molecule has 3 heterocycles. The van der Waals surface area contributed by atoms with Crippen LogP contribution in [0.5, 0.6) is 0 Å². The summed E-state index contributed by atoms with van der Waals surface area (Å²) in [5.74, 6) is 0.723. The molecule has 1 unspecified atom stereocenters. The van der Waals surface area contributed by atoms with Gasteiger partial charge in [-0.15, -0.1) is 0 Å². The van der Waals surface area contributed by atoms with E-state index in [1.165, 1.54) is 25.0 Å². The average molecular weight is 452 g/mol. The van der Waals surface area contributed by atoms with Gasteiger partial charge in [0.25, 0.3) is 0 Å². The molecule has 1 N–H and O–H groups in total. The van der Waals surface area contributed by atoms with Crippen LogP contribution >= 0.6 is 11.6 Å². The van der Waals surface area contributed by atoms with Crippen LogP contribution in [0, 0.1) is 0 Å². The number of piperidine rings is 1. The molecule has 0 radical (unpaired) electrons. The molecular weight excluding hydrogens is 427 g/mol. The lowest BCUT2D eigenvalue weighted by atomic mass is 9.82. The first-order chi connectivity index (χ1) is 14.9. The highest BCUT2D eigenvalue weighted by Gasteiger charge is 2.46. The minimum absolute atomic E-state index is 0.190. The number of alkyl halides is 3. The highest BCUT2D eigenvalue weighted by molar-refractivity contribution is 6.30. The van der Waals surface area contributed by atoms with Crippen LogP contribution in [0.2, 0.25) is 5.02 Å². The first-order valence-electron chi connectivity index (χ1n) is 10.8. The van der Waals surface area contributed by atoms with E-state index in [-0.39, 0.29) is 12.1 Å². The summed E-state index contributed by atoms with van der Waals surface area (Å²) in [7, 11) is 0. The van der Waals surface area contributed by atoms with Gasteiger partial charge in [-0.25, -0.2) is 9.97 Å². The molecule has 2 aromatic rings. The van der Waals surface area contributed by atoms with Gasteiger partial charge < -0.3 is 15.1 Å². The Kier molecular flexibility index (Phi) is 5.46. The van der Waals surface area contributed by atoms with Crippen molar-refractivity contribution >= 4 is 23.2 Å². The quantitative estimate of drug-likeness (QED) is 0.727. The molecule has 0 bridgehead atoms. The molecule has 5 nitrogen and oxygen atoms in total. The van der Waals surface area contributed by atoms with Crippen LogP contribution in [0.4, 0.5) is 24.8 Å². The van der Waals surface area contributed by atoms with Crippen molar-refractivity contribution in [1.82, 2.24) is 15.3 Å². The van der Waals surface area contributed by atoms with Crippen molar-refractivity contribution in [3.8, 4) is 0 Å². The lowest BCUT2D eigenvalue weighted by Gasteiger charge is -2.55. The molecule has 2 aliphatic heterocycles. The van der Waals surface area contributed by atoms with Crippen LogP contribution in [0.15, 0.2) is 36.7 Å². The maximum Gasteiger partial charge on any atom is 0.416 e. The second-order valence-corrected chi connectivity index (χ2v) is 9.12. The lowest BCUT2D eigenvalue weighted by molar-refractivity contribution is -0.137. The molecule has 1 aromatic carbocycles. The van der Waals surface area contributed by atoms with Gasteiger partial charge in [0.05, 0.1) is 29.0 Å². The zero-order chi connectivity index (χ0) is 21.6. The van der Waals surface area contributed by atoms with Gasteiger partial charge in [-0.2, -0.15) is 13.2 Å². The van der Waals surface area contributed by atoms with Crippen LogP contribution in [-0.4, -0.2) is 47.2 Å². The highest BCUT2D eigenvalue weighted by atomic mass is 35.5. The topological polar surface area (TPSA) is 44.3 Å². The van der Waals surface area contributed by atoms with E-state index < -0.39 is 11.7 Å². The Morgan fingerprint density at radius 1 is 0.935 bits per heavy atom. The minimum Gasteiger partial charge on any atom is -0.370 e. The number of aromatic nitrogens is 2. The summed E-state index contributed by atoms with van der Waals surface area (Å²) in [4.78, 5) is 13.6. The minimum atomic E-state index is -4.31. The summed E-state index contributed by atoms with van der Waals surface area (Å²) in [5, 5.41) is 4.38. The summed E-state index contributed by atoms with van der Waals surface area (Å²) in [6, 6.07) is 6.64. The highest BCUT2D eigenvalue weighted by Crippen LogP contribution is 2.37. The number of hydrogen-bond donors (Lipinski definition) is 1. The molecular formula is C22H25ClF3N5. The molecule has 2 saturated heterocycles. The Morgan fingerprint density at radius 2 is 1.61 bits per heavy atom. The van der Waals surface area contributed by atoms with Crippen molar-refractivity contribution < 1.29 is 13.2 Å². The molecule has 4 atom stereocenters. The molecule has 1 aromatic heterocycles. The van der Waals surface area contributed by atoms with E-state index in [0.29, 0.717) is 17.1 Å². The number of rotatable bonds is 2. The van der Waals surface area contributed by atoms with Crippen molar-refractivity contribution in [3.63, 3.8) is 0 Å². The van der Waals surface area contributed by atoms with Gasteiger partial charge in [0.2, 0.25) is 5.95 Å². The second kappa shape index (κ2) is 8.13. The fourth-order valence-corrected chi connectivity index (χ4v) is 5.52. The van der Waals surface area contributed by atoms with Gasteiger partial charge in [-0.3, -0.25) is 0 Å². The van der Waals surface area contributed by atoms with Gasteiger partial charge in [-0.1, -0.05) is 24.4 Å². The van der Waals surface area contributed by atoms with Crippen LogP contribution in [-0.2, 0) is 6.18 Å².